The summed E-state index contributed by atoms with van der Waals surface area (Å²) in [4.78, 5) is 2.45. The van der Waals surface area contributed by atoms with Gasteiger partial charge in [0.2, 0.25) is 0 Å². The van der Waals surface area contributed by atoms with Crippen LogP contribution in [-0.2, 0) is 19.7 Å². The van der Waals surface area contributed by atoms with Crippen LogP contribution in [0.1, 0.15) is 19.3 Å². The van der Waals surface area contributed by atoms with Crippen molar-refractivity contribution in [1.29, 1.82) is 0 Å². The fourth-order valence-electron chi connectivity index (χ4n) is 3.86. The summed E-state index contributed by atoms with van der Waals surface area (Å²) in [6, 6.07) is 0.409. The fraction of sp³-hybridized carbons (Fsp3) is 1.00. The number of piperidine rings is 1. The molecule has 2 fully saturated rings. The summed E-state index contributed by atoms with van der Waals surface area (Å²) in [7, 11) is 3.36. The van der Waals surface area contributed by atoms with Gasteiger partial charge in [0.15, 0.2) is 0 Å². The number of likely N-dealkylation sites (tertiary alicyclic amines) is 1. The van der Waals surface area contributed by atoms with E-state index in [1.54, 1.807) is 32.6 Å². The molecule has 1 spiro atoms. The highest BCUT2D eigenvalue weighted by atomic mass is 32.2. The van der Waals surface area contributed by atoms with E-state index >= 15 is 0 Å². The van der Waals surface area contributed by atoms with Crippen molar-refractivity contribution in [2.75, 3.05) is 67.7 Å². The van der Waals surface area contributed by atoms with Crippen LogP contribution in [0.25, 0.3) is 0 Å². The first-order valence-electron chi connectivity index (χ1n) is 8.24. The SMILES string of the molecule is COCCN1CC2(CCN(S(=O)(=O)N(C)C)CC2)C[C@H]1COC. The van der Waals surface area contributed by atoms with Crippen molar-refractivity contribution in [3.8, 4) is 0 Å². The lowest BCUT2D eigenvalue weighted by molar-refractivity contribution is 0.0894. The molecule has 0 aromatic carbocycles. The van der Waals surface area contributed by atoms with Crippen molar-refractivity contribution in [1.82, 2.24) is 13.5 Å². The largest absolute Gasteiger partial charge is 0.383 e. The molecule has 0 amide bonds. The van der Waals surface area contributed by atoms with Crippen LogP contribution in [0, 0.1) is 5.41 Å². The third-order valence-corrected chi connectivity index (χ3v) is 7.18. The lowest BCUT2D eigenvalue weighted by Crippen LogP contribution is -2.48. The molecule has 0 aliphatic carbocycles. The van der Waals surface area contributed by atoms with E-state index in [4.69, 9.17) is 9.47 Å². The van der Waals surface area contributed by atoms with Crippen molar-refractivity contribution in [2.24, 2.45) is 5.41 Å². The molecule has 8 heteroatoms. The monoisotopic (exact) mass is 349 g/mol. The van der Waals surface area contributed by atoms with Crippen molar-refractivity contribution in [3.63, 3.8) is 0 Å². The highest BCUT2D eigenvalue weighted by Crippen LogP contribution is 2.43. The molecular formula is C15H31N3O4S. The van der Waals surface area contributed by atoms with Gasteiger partial charge in [0.1, 0.15) is 0 Å². The molecule has 0 radical (unpaired) electrons. The van der Waals surface area contributed by atoms with Crippen LogP contribution in [0.3, 0.4) is 0 Å². The maximum Gasteiger partial charge on any atom is 0.281 e. The minimum absolute atomic E-state index is 0.218. The Morgan fingerprint density at radius 3 is 2.35 bits per heavy atom. The van der Waals surface area contributed by atoms with Gasteiger partial charge in [-0.05, 0) is 24.7 Å². The minimum Gasteiger partial charge on any atom is -0.383 e. The van der Waals surface area contributed by atoms with E-state index in [0.29, 0.717) is 19.1 Å². The summed E-state index contributed by atoms with van der Waals surface area (Å²) < 4.78 is 38.0. The van der Waals surface area contributed by atoms with E-state index < -0.39 is 10.2 Å². The van der Waals surface area contributed by atoms with E-state index in [2.05, 4.69) is 4.90 Å². The molecule has 1 atom stereocenters. The highest BCUT2D eigenvalue weighted by molar-refractivity contribution is 7.86. The number of methoxy groups -OCH3 is 2. The highest BCUT2D eigenvalue weighted by Gasteiger charge is 2.46. The standard InChI is InChI=1S/C15H31N3O4S/c1-16(2)23(19,20)18-7-5-15(6-8-18)11-14(12-22-4)17(13-15)9-10-21-3/h14H,5-13H2,1-4H3/t14-/m0/s1. The average molecular weight is 349 g/mol. The molecule has 0 bridgehead atoms. The summed E-state index contributed by atoms with van der Waals surface area (Å²) in [5.74, 6) is 0. The summed E-state index contributed by atoms with van der Waals surface area (Å²) in [6.45, 7) is 4.59. The van der Waals surface area contributed by atoms with E-state index in [9.17, 15) is 8.42 Å². The zero-order valence-electron chi connectivity index (χ0n) is 14.8. The van der Waals surface area contributed by atoms with Crippen LogP contribution in [0.5, 0.6) is 0 Å². The Hall–Kier alpha value is -0.250. The quantitative estimate of drug-likeness (QED) is 0.659. The van der Waals surface area contributed by atoms with Crippen molar-refractivity contribution in [3.05, 3.63) is 0 Å². The molecular weight excluding hydrogens is 318 g/mol. The van der Waals surface area contributed by atoms with Crippen LogP contribution in [0.4, 0.5) is 0 Å². The first kappa shape index (κ1) is 19.1. The molecule has 0 aromatic heterocycles. The first-order valence-corrected chi connectivity index (χ1v) is 9.64. The predicted octanol–water partition coefficient (Wildman–Crippen LogP) is 0.242. The molecule has 2 aliphatic heterocycles. The molecule has 2 saturated heterocycles. The van der Waals surface area contributed by atoms with Crippen molar-refractivity contribution >= 4 is 10.2 Å². The Morgan fingerprint density at radius 1 is 1.17 bits per heavy atom. The maximum absolute atomic E-state index is 12.3. The smallest absolute Gasteiger partial charge is 0.281 e. The summed E-state index contributed by atoms with van der Waals surface area (Å²) >= 11 is 0. The molecule has 136 valence electrons. The van der Waals surface area contributed by atoms with Gasteiger partial charge in [0.05, 0.1) is 13.2 Å². The van der Waals surface area contributed by atoms with Crippen LogP contribution in [0.15, 0.2) is 0 Å². The Labute approximate surface area is 140 Å². The Morgan fingerprint density at radius 2 is 1.83 bits per heavy atom. The van der Waals surface area contributed by atoms with Crippen LogP contribution < -0.4 is 0 Å². The van der Waals surface area contributed by atoms with Crippen LogP contribution in [-0.4, -0.2) is 95.7 Å². The van der Waals surface area contributed by atoms with Gasteiger partial charge < -0.3 is 9.47 Å². The number of hydrogen-bond acceptors (Lipinski definition) is 5. The average Bonchev–Trinajstić information content (AvgIpc) is 2.83. The molecule has 23 heavy (non-hydrogen) atoms. The van der Waals surface area contributed by atoms with Crippen molar-refractivity contribution < 1.29 is 17.9 Å². The third kappa shape index (κ3) is 4.24. The van der Waals surface area contributed by atoms with Gasteiger partial charge in [-0.2, -0.15) is 17.0 Å². The number of nitrogens with zero attached hydrogens (tertiary/aromatic N) is 3. The van der Waals surface area contributed by atoms with E-state index in [1.807, 2.05) is 0 Å². The number of ether oxygens (including phenoxy) is 2. The van der Waals surface area contributed by atoms with Gasteiger partial charge in [-0.25, -0.2) is 0 Å². The zero-order chi connectivity index (χ0) is 17.1. The molecule has 2 aliphatic rings. The second-order valence-electron chi connectivity index (χ2n) is 6.97. The lowest BCUT2D eigenvalue weighted by atomic mass is 9.77. The van der Waals surface area contributed by atoms with Gasteiger partial charge in [0.25, 0.3) is 10.2 Å². The second-order valence-corrected chi connectivity index (χ2v) is 9.11. The summed E-state index contributed by atoms with van der Waals surface area (Å²) in [5.41, 5.74) is 0.218. The normalized spacial score (nSPS) is 26.4. The van der Waals surface area contributed by atoms with Gasteiger partial charge in [0, 0.05) is 60.5 Å². The summed E-state index contributed by atoms with van der Waals surface area (Å²) in [6.07, 6.45) is 2.92. The summed E-state index contributed by atoms with van der Waals surface area (Å²) in [5, 5.41) is 0. The maximum atomic E-state index is 12.3. The molecule has 0 saturated carbocycles. The molecule has 2 rings (SSSR count). The van der Waals surface area contributed by atoms with Crippen molar-refractivity contribution in [2.45, 2.75) is 25.3 Å². The van der Waals surface area contributed by atoms with Gasteiger partial charge in [-0.15, -0.1) is 0 Å². The Kier molecular flexibility index (Phi) is 6.43. The van der Waals surface area contributed by atoms with E-state index in [1.165, 1.54) is 4.31 Å². The van der Waals surface area contributed by atoms with E-state index in [-0.39, 0.29) is 5.41 Å². The zero-order valence-corrected chi connectivity index (χ0v) is 15.6. The molecule has 0 N–H and O–H groups in total. The second kappa shape index (κ2) is 7.76. The molecule has 0 aromatic rings. The lowest BCUT2D eigenvalue weighted by Gasteiger charge is -2.39. The van der Waals surface area contributed by atoms with Gasteiger partial charge >= 0.3 is 0 Å². The Balaban J connectivity index is 1.99. The van der Waals surface area contributed by atoms with Crippen LogP contribution >= 0.6 is 0 Å². The molecule has 0 unspecified atom stereocenters. The third-order valence-electron chi connectivity index (χ3n) is 5.24. The number of hydrogen-bond donors (Lipinski definition) is 0. The van der Waals surface area contributed by atoms with Gasteiger partial charge in [-0.1, -0.05) is 0 Å². The van der Waals surface area contributed by atoms with Gasteiger partial charge in [-0.3, -0.25) is 4.90 Å². The molecule has 2 heterocycles. The number of rotatable bonds is 7. The minimum atomic E-state index is -3.29. The fourth-order valence-corrected chi connectivity index (χ4v) is 4.97. The first-order chi connectivity index (χ1) is 10.8. The van der Waals surface area contributed by atoms with E-state index in [0.717, 1.165) is 45.6 Å². The predicted molar refractivity (Wildman–Crippen MR) is 89.6 cm³/mol. The Bertz CT molecular complexity index is 475. The van der Waals surface area contributed by atoms with Crippen LogP contribution in [0.2, 0.25) is 0 Å². The topological polar surface area (TPSA) is 62.3 Å². The molecule has 7 nitrogen and oxygen atoms in total.